The van der Waals surface area contributed by atoms with Crippen LogP contribution in [-0.4, -0.2) is 42.6 Å². The standard InChI is InChI=1S/C18H25NO4/c1-3-23-16(20)10-12-18(17(21)22-2)11-7-13-19(18)14-15-8-5-4-6-9-15/h4-6,8-9H,3,7,10-14H2,1-2H3/t18-/m1/s1. The summed E-state index contributed by atoms with van der Waals surface area (Å²) in [7, 11) is 1.41. The molecule has 126 valence electrons. The van der Waals surface area contributed by atoms with Crippen molar-refractivity contribution in [3.8, 4) is 0 Å². The monoisotopic (exact) mass is 319 g/mol. The molecule has 1 saturated heterocycles. The van der Waals surface area contributed by atoms with Crippen LogP contribution >= 0.6 is 0 Å². The Kier molecular flexibility index (Phi) is 6.16. The van der Waals surface area contributed by atoms with Crippen LogP contribution in [0, 0.1) is 0 Å². The second-order valence-electron chi connectivity index (χ2n) is 5.84. The maximum atomic E-state index is 12.5. The molecule has 1 aromatic rings. The number of carbonyl (C=O) groups excluding carboxylic acids is 2. The zero-order valence-electron chi connectivity index (χ0n) is 13.9. The van der Waals surface area contributed by atoms with E-state index in [0.717, 1.165) is 18.5 Å². The molecule has 0 N–H and O–H groups in total. The van der Waals surface area contributed by atoms with Crippen LogP contribution in [0.4, 0.5) is 0 Å². The van der Waals surface area contributed by atoms with E-state index in [1.807, 2.05) is 30.3 Å². The minimum absolute atomic E-state index is 0.230. The number of nitrogens with zero attached hydrogens (tertiary/aromatic N) is 1. The fourth-order valence-electron chi connectivity index (χ4n) is 3.32. The molecule has 0 unspecified atom stereocenters. The average molecular weight is 319 g/mol. The molecule has 1 aliphatic rings. The van der Waals surface area contributed by atoms with Crippen LogP contribution in [0.2, 0.25) is 0 Å². The largest absolute Gasteiger partial charge is 0.468 e. The lowest BCUT2D eigenvalue weighted by Gasteiger charge is -2.36. The van der Waals surface area contributed by atoms with Gasteiger partial charge in [-0.15, -0.1) is 0 Å². The van der Waals surface area contributed by atoms with Gasteiger partial charge in [-0.1, -0.05) is 30.3 Å². The predicted octanol–water partition coefficient (Wildman–Crippen LogP) is 2.54. The van der Waals surface area contributed by atoms with Gasteiger partial charge in [-0.05, 0) is 38.3 Å². The number of hydrogen-bond acceptors (Lipinski definition) is 5. The van der Waals surface area contributed by atoms with Crippen LogP contribution in [0.15, 0.2) is 30.3 Å². The summed E-state index contributed by atoms with van der Waals surface area (Å²) in [4.78, 5) is 26.4. The van der Waals surface area contributed by atoms with E-state index in [4.69, 9.17) is 9.47 Å². The summed E-state index contributed by atoms with van der Waals surface area (Å²) in [5.74, 6) is -0.516. The first-order valence-corrected chi connectivity index (χ1v) is 8.15. The molecule has 1 heterocycles. The molecule has 2 rings (SSSR count). The SMILES string of the molecule is CCOC(=O)CC[C@@]1(C(=O)OC)CCCN1Cc1ccccc1. The lowest BCUT2D eigenvalue weighted by Crippen LogP contribution is -2.51. The third-order valence-corrected chi connectivity index (χ3v) is 4.45. The summed E-state index contributed by atoms with van der Waals surface area (Å²) in [6, 6.07) is 10.0. The minimum atomic E-state index is -0.725. The number of rotatable bonds is 7. The molecule has 0 radical (unpaired) electrons. The summed E-state index contributed by atoms with van der Waals surface area (Å²) in [6.07, 6.45) is 2.30. The van der Waals surface area contributed by atoms with Crippen molar-refractivity contribution in [1.82, 2.24) is 4.90 Å². The normalized spacial score (nSPS) is 21.1. The summed E-state index contributed by atoms with van der Waals surface area (Å²) >= 11 is 0. The highest BCUT2D eigenvalue weighted by Gasteiger charge is 2.48. The maximum absolute atomic E-state index is 12.5. The van der Waals surface area contributed by atoms with Gasteiger partial charge < -0.3 is 9.47 Å². The highest BCUT2D eigenvalue weighted by Crippen LogP contribution is 2.36. The van der Waals surface area contributed by atoms with Gasteiger partial charge in [0, 0.05) is 13.0 Å². The van der Waals surface area contributed by atoms with Gasteiger partial charge in [-0.25, -0.2) is 0 Å². The maximum Gasteiger partial charge on any atom is 0.326 e. The van der Waals surface area contributed by atoms with E-state index < -0.39 is 5.54 Å². The van der Waals surface area contributed by atoms with E-state index in [9.17, 15) is 9.59 Å². The molecule has 1 aromatic carbocycles. The molecule has 5 nitrogen and oxygen atoms in total. The number of methoxy groups -OCH3 is 1. The van der Waals surface area contributed by atoms with Crippen molar-refractivity contribution in [2.75, 3.05) is 20.3 Å². The van der Waals surface area contributed by atoms with Crippen LogP contribution in [0.1, 0.15) is 38.2 Å². The fraction of sp³-hybridized carbons (Fsp3) is 0.556. The Morgan fingerprint density at radius 2 is 2.00 bits per heavy atom. The Morgan fingerprint density at radius 3 is 2.65 bits per heavy atom. The number of hydrogen-bond donors (Lipinski definition) is 0. The number of likely N-dealkylation sites (tertiary alicyclic amines) is 1. The van der Waals surface area contributed by atoms with Crippen molar-refractivity contribution < 1.29 is 19.1 Å². The molecular formula is C18H25NO4. The Balaban J connectivity index is 2.14. The third kappa shape index (κ3) is 4.10. The van der Waals surface area contributed by atoms with Gasteiger partial charge in [-0.3, -0.25) is 14.5 Å². The van der Waals surface area contributed by atoms with Crippen LogP contribution in [0.5, 0.6) is 0 Å². The first kappa shape index (κ1) is 17.5. The van der Waals surface area contributed by atoms with Gasteiger partial charge >= 0.3 is 11.9 Å². The van der Waals surface area contributed by atoms with E-state index in [1.54, 1.807) is 6.92 Å². The molecule has 23 heavy (non-hydrogen) atoms. The third-order valence-electron chi connectivity index (χ3n) is 4.45. The van der Waals surface area contributed by atoms with E-state index in [-0.39, 0.29) is 18.4 Å². The first-order valence-electron chi connectivity index (χ1n) is 8.15. The fourth-order valence-corrected chi connectivity index (χ4v) is 3.32. The number of carbonyl (C=O) groups is 2. The van der Waals surface area contributed by atoms with E-state index in [0.29, 0.717) is 26.0 Å². The molecule has 0 aromatic heterocycles. The first-order chi connectivity index (χ1) is 11.1. The van der Waals surface area contributed by atoms with Gasteiger partial charge in [0.05, 0.1) is 13.7 Å². The predicted molar refractivity (Wildman–Crippen MR) is 86.7 cm³/mol. The van der Waals surface area contributed by atoms with E-state index >= 15 is 0 Å². The second-order valence-corrected chi connectivity index (χ2v) is 5.84. The quantitative estimate of drug-likeness (QED) is 0.723. The van der Waals surface area contributed by atoms with Gasteiger partial charge in [-0.2, -0.15) is 0 Å². The molecule has 5 heteroatoms. The van der Waals surface area contributed by atoms with Crippen molar-refractivity contribution in [2.24, 2.45) is 0 Å². The Bertz CT molecular complexity index is 531. The van der Waals surface area contributed by atoms with E-state index in [2.05, 4.69) is 4.90 Å². The van der Waals surface area contributed by atoms with Crippen LogP contribution in [0.3, 0.4) is 0 Å². The summed E-state index contributed by atoms with van der Waals surface area (Å²) in [5, 5.41) is 0. The van der Waals surface area contributed by atoms with Crippen molar-refractivity contribution in [3.05, 3.63) is 35.9 Å². The van der Waals surface area contributed by atoms with Crippen LogP contribution in [0.25, 0.3) is 0 Å². The van der Waals surface area contributed by atoms with Crippen LogP contribution in [-0.2, 0) is 25.6 Å². The van der Waals surface area contributed by atoms with Gasteiger partial charge in [0.15, 0.2) is 0 Å². The van der Waals surface area contributed by atoms with Gasteiger partial charge in [0.1, 0.15) is 5.54 Å². The summed E-state index contributed by atoms with van der Waals surface area (Å²) < 4.78 is 10.1. The van der Waals surface area contributed by atoms with Crippen molar-refractivity contribution in [3.63, 3.8) is 0 Å². The molecule has 0 bridgehead atoms. The van der Waals surface area contributed by atoms with Crippen molar-refractivity contribution in [2.45, 2.75) is 44.7 Å². The van der Waals surface area contributed by atoms with Crippen LogP contribution < -0.4 is 0 Å². The van der Waals surface area contributed by atoms with Crippen molar-refractivity contribution in [1.29, 1.82) is 0 Å². The highest BCUT2D eigenvalue weighted by molar-refractivity contribution is 5.82. The lowest BCUT2D eigenvalue weighted by molar-refractivity contribution is -0.155. The Morgan fingerprint density at radius 1 is 1.26 bits per heavy atom. The molecule has 1 aliphatic heterocycles. The zero-order chi connectivity index (χ0) is 16.7. The molecule has 0 saturated carbocycles. The topological polar surface area (TPSA) is 55.8 Å². The molecule has 0 amide bonds. The van der Waals surface area contributed by atoms with Gasteiger partial charge in [0.25, 0.3) is 0 Å². The van der Waals surface area contributed by atoms with E-state index in [1.165, 1.54) is 7.11 Å². The van der Waals surface area contributed by atoms with Gasteiger partial charge in [0.2, 0.25) is 0 Å². The zero-order valence-corrected chi connectivity index (χ0v) is 13.9. The molecule has 0 aliphatic carbocycles. The number of ether oxygens (including phenoxy) is 2. The minimum Gasteiger partial charge on any atom is -0.468 e. The summed E-state index contributed by atoms with van der Waals surface area (Å²) in [6.45, 7) is 3.65. The van der Waals surface area contributed by atoms with Crippen molar-refractivity contribution >= 4 is 11.9 Å². The molecule has 1 fully saturated rings. The lowest BCUT2D eigenvalue weighted by atomic mass is 9.90. The molecule has 1 atom stereocenters. The number of esters is 2. The molecule has 0 spiro atoms. The molecular weight excluding hydrogens is 294 g/mol. The smallest absolute Gasteiger partial charge is 0.326 e. The Labute approximate surface area is 137 Å². The average Bonchev–Trinajstić information content (AvgIpc) is 2.97. The second kappa shape index (κ2) is 8.11. The summed E-state index contributed by atoms with van der Waals surface area (Å²) in [5.41, 5.74) is 0.427. The Hall–Kier alpha value is -1.88. The highest BCUT2D eigenvalue weighted by atomic mass is 16.5. The number of benzene rings is 1.